The van der Waals surface area contributed by atoms with Crippen molar-refractivity contribution in [3.05, 3.63) is 34.6 Å². The molecule has 0 radical (unpaired) electrons. The largest absolute Gasteiger partial charge is 0.475 e. The Bertz CT molecular complexity index is 549. The molecule has 0 aliphatic rings. The average molecular weight is 234 g/mol. The molecule has 2 aromatic heterocycles. The maximum atomic E-state index is 10.8. The van der Waals surface area contributed by atoms with Crippen LogP contribution >= 0.6 is 11.3 Å². The van der Waals surface area contributed by atoms with Crippen molar-refractivity contribution in [2.45, 2.75) is 13.8 Å². The van der Waals surface area contributed by atoms with Crippen LogP contribution in [0, 0.1) is 13.8 Å². The van der Waals surface area contributed by atoms with E-state index in [1.807, 2.05) is 18.4 Å². The number of thiophene rings is 1. The number of carbonyl (C=O) groups is 1. The van der Waals surface area contributed by atoms with Crippen molar-refractivity contribution in [1.29, 1.82) is 0 Å². The predicted octanol–water partition coefficient (Wildman–Crippen LogP) is 2.52. The van der Waals surface area contributed by atoms with Gasteiger partial charge in [-0.1, -0.05) is 0 Å². The molecule has 0 spiro atoms. The minimum absolute atomic E-state index is 0.150. The first kappa shape index (κ1) is 10.8. The summed E-state index contributed by atoms with van der Waals surface area (Å²) in [7, 11) is 0. The van der Waals surface area contributed by atoms with Crippen LogP contribution in [0.1, 0.15) is 21.9 Å². The molecule has 0 aliphatic heterocycles. The minimum atomic E-state index is -1.10. The Kier molecular flexibility index (Phi) is 2.70. The summed E-state index contributed by atoms with van der Waals surface area (Å²) in [6, 6.07) is 3.78. The molecule has 1 N–H and O–H groups in total. The van der Waals surface area contributed by atoms with E-state index in [9.17, 15) is 4.79 Å². The quantitative estimate of drug-likeness (QED) is 0.867. The lowest BCUT2D eigenvalue weighted by molar-refractivity contribution is 0.0683. The molecule has 0 saturated heterocycles. The summed E-state index contributed by atoms with van der Waals surface area (Å²) < 4.78 is 0. The third-order valence-corrected chi connectivity index (χ3v) is 3.18. The van der Waals surface area contributed by atoms with Gasteiger partial charge in [0.05, 0.1) is 10.6 Å². The van der Waals surface area contributed by atoms with E-state index in [4.69, 9.17) is 5.11 Å². The summed E-state index contributed by atoms with van der Waals surface area (Å²) >= 11 is 1.55. The van der Waals surface area contributed by atoms with Gasteiger partial charge in [0, 0.05) is 5.69 Å². The van der Waals surface area contributed by atoms with E-state index in [0.717, 1.165) is 10.4 Å². The molecule has 0 bridgehead atoms. The third-order valence-electron chi connectivity index (χ3n) is 2.14. The van der Waals surface area contributed by atoms with Crippen molar-refractivity contribution in [1.82, 2.24) is 9.97 Å². The van der Waals surface area contributed by atoms with E-state index in [-0.39, 0.29) is 5.82 Å². The average Bonchev–Trinajstić information content (AvgIpc) is 2.63. The molecule has 0 atom stereocenters. The number of aryl methyl sites for hydroxylation is 2. The number of hydrogen-bond donors (Lipinski definition) is 1. The molecule has 0 aliphatic carbocycles. The van der Waals surface area contributed by atoms with Gasteiger partial charge in [-0.15, -0.1) is 11.3 Å². The van der Waals surface area contributed by atoms with Crippen LogP contribution < -0.4 is 0 Å². The van der Waals surface area contributed by atoms with Gasteiger partial charge >= 0.3 is 5.97 Å². The van der Waals surface area contributed by atoms with Gasteiger partial charge in [0.25, 0.3) is 0 Å². The van der Waals surface area contributed by atoms with Crippen LogP contribution in [0.25, 0.3) is 10.6 Å². The molecule has 82 valence electrons. The molecule has 2 heterocycles. The molecule has 5 heteroatoms. The number of aromatic carboxylic acids is 1. The number of carboxylic acids is 1. The highest BCUT2D eigenvalue weighted by Gasteiger charge is 2.12. The Morgan fingerprint density at radius 1 is 1.38 bits per heavy atom. The first-order chi connectivity index (χ1) is 7.58. The van der Waals surface area contributed by atoms with Crippen LogP contribution in [0.3, 0.4) is 0 Å². The normalized spacial score (nSPS) is 10.4. The van der Waals surface area contributed by atoms with Crippen molar-refractivity contribution in [2.24, 2.45) is 0 Å². The fourth-order valence-electron chi connectivity index (χ4n) is 1.42. The fourth-order valence-corrected chi connectivity index (χ4v) is 2.30. The maximum absolute atomic E-state index is 10.8. The zero-order chi connectivity index (χ0) is 11.7. The van der Waals surface area contributed by atoms with Crippen LogP contribution in [-0.2, 0) is 0 Å². The lowest BCUT2D eigenvalue weighted by Gasteiger charge is -2.02. The van der Waals surface area contributed by atoms with Gasteiger partial charge in [0.1, 0.15) is 0 Å². The van der Waals surface area contributed by atoms with E-state index in [0.29, 0.717) is 11.4 Å². The Morgan fingerprint density at radius 2 is 2.12 bits per heavy atom. The number of nitrogens with zero attached hydrogens (tertiary/aromatic N) is 2. The lowest BCUT2D eigenvalue weighted by Crippen LogP contribution is -2.06. The molecule has 0 saturated carbocycles. The fraction of sp³-hybridized carbons (Fsp3) is 0.182. The van der Waals surface area contributed by atoms with Crippen LogP contribution in [0.5, 0.6) is 0 Å². The molecule has 2 aromatic rings. The Hall–Kier alpha value is -1.75. The molecule has 0 amide bonds. The van der Waals surface area contributed by atoms with Gasteiger partial charge < -0.3 is 5.11 Å². The Morgan fingerprint density at radius 3 is 2.69 bits per heavy atom. The first-order valence-corrected chi connectivity index (χ1v) is 5.59. The van der Waals surface area contributed by atoms with E-state index < -0.39 is 5.97 Å². The van der Waals surface area contributed by atoms with E-state index >= 15 is 0 Å². The van der Waals surface area contributed by atoms with Crippen molar-refractivity contribution in [2.75, 3.05) is 0 Å². The topological polar surface area (TPSA) is 63.1 Å². The summed E-state index contributed by atoms with van der Waals surface area (Å²) in [5, 5.41) is 10.8. The standard InChI is InChI=1S/C11H10N2O2S/c1-6-3-4-16-9(6)8-5-7(2)12-10(13-8)11(14)15/h3-5H,1-2H3,(H,14,15). The van der Waals surface area contributed by atoms with Gasteiger partial charge in [-0.2, -0.15) is 0 Å². The predicted molar refractivity (Wildman–Crippen MR) is 61.8 cm³/mol. The lowest BCUT2D eigenvalue weighted by atomic mass is 10.2. The van der Waals surface area contributed by atoms with Gasteiger partial charge in [-0.05, 0) is 36.9 Å². The van der Waals surface area contributed by atoms with E-state index in [1.54, 1.807) is 24.3 Å². The highest BCUT2D eigenvalue weighted by Crippen LogP contribution is 2.27. The maximum Gasteiger partial charge on any atom is 0.373 e. The Labute approximate surface area is 96.6 Å². The summed E-state index contributed by atoms with van der Waals surface area (Å²) in [5.74, 6) is -1.25. The van der Waals surface area contributed by atoms with Gasteiger partial charge in [-0.3, -0.25) is 0 Å². The van der Waals surface area contributed by atoms with E-state index in [1.165, 1.54) is 0 Å². The number of aromatic nitrogens is 2. The van der Waals surface area contributed by atoms with Gasteiger partial charge in [0.2, 0.25) is 5.82 Å². The molecular formula is C11H10N2O2S. The second kappa shape index (κ2) is 4.02. The molecule has 0 fully saturated rings. The molecule has 4 nitrogen and oxygen atoms in total. The second-order valence-electron chi connectivity index (χ2n) is 3.46. The van der Waals surface area contributed by atoms with E-state index in [2.05, 4.69) is 9.97 Å². The summed E-state index contributed by atoms with van der Waals surface area (Å²) in [6.07, 6.45) is 0. The van der Waals surface area contributed by atoms with Gasteiger partial charge in [0.15, 0.2) is 0 Å². The Balaban J connectivity index is 2.58. The smallest absolute Gasteiger partial charge is 0.373 e. The highest BCUT2D eigenvalue weighted by atomic mass is 32.1. The van der Waals surface area contributed by atoms with Crippen LogP contribution in [-0.4, -0.2) is 21.0 Å². The SMILES string of the molecule is Cc1cc(-c2sccc2C)nc(C(=O)O)n1. The molecule has 2 rings (SSSR count). The summed E-state index contributed by atoms with van der Waals surface area (Å²) in [5.41, 5.74) is 2.44. The number of hydrogen-bond acceptors (Lipinski definition) is 4. The number of carboxylic acid groups (broad SMARTS) is 1. The molecule has 16 heavy (non-hydrogen) atoms. The minimum Gasteiger partial charge on any atom is -0.475 e. The molecule has 0 unspecified atom stereocenters. The first-order valence-electron chi connectivity index (χ1n) is 4.71. The summed E-state index contributed by atoms with van der Waals surface area (Å²) in [4.78, 5) is 19.7. The van der Waals surface area contributed by atoms with Crippen LogP contribution in [0.2, 0.25) is 0 Å². The van der Waals surface area contributed by atoms with Crippen LogP contribution in [0.4, 0.5) is 0 Å². The van der Waals surface area contributed by atoms with Crippen molar-refractivity contribution in [3.8, 4) is 10.6 Å². The third kappa shape index (κ3) is 1.94. The van der Waals surface area contributed by atoms with Crippen molar-refractivity contribution in [3.63, 3.8) is 0 Å². The van der Waals surface area contributed by atoms with Crippen molar-refractivity contribution < 1.29 is 9.90 Å². The number of rotatable bonds is 2. The highest BCUT2D eigenvalue weighted by molar-refractivity contribution is 7.13. The van der Waals surface area contributed by atoms with Crippen molar-refractivity contribution >= 4 is 17.3 Å². The second-order valence-corrected chi connectivity index (χ2v) is 4.37. The molecular weight excluding hydrogens is 224 g/mol. The van der Waals surface area contributed by atoms with Crippen LogP contribution in [0.15, 0.2) is 17.5 Å². The zero-order valence-corrected chi connectivity index (χ0v) is 9.71. The zero-order valence-electron chi connectivity index (χ0n) is 8.89. The monoisotopic (exact) mass is 234 g/mol. The summed E-state index contributed by atoms with van der Waals surface area (Å²) in [6.45, 7) is 3.74. The molecule has 0 aromatic carbocycles. The van der Waals surface area contributed by atoms with Gasteiger partial charge in [-0.25, -0.2) is 14.8 Å².